The maximum Gasteiger partial charge on any atom is 0.0880 e. The number of nitrogens with zero attached hydrogens (tertiary/aromatic N) is 2. The summed E-state index contributed by atoms with van der Waals surface area (Å²) in [7, 11) is 4.24. The molecule has 1 saturated heterocycles. The quantitative estimate of drug-likeness (QED) is 0.727. The van der Waals surface area contributed by atoms with Crippen molar-refractivity contribution in [2.45, 2.75) is 25.5 Å². The Morgan fingerprint density at radius 2 is 2.13 bits per heavy atom. The van der Waals surface area contributed by atoms with Gasteiger partial charge in [-0.3, -0.25) is 4.90 Å². The molecule has 1 atom stereocenters. The van der Waals surface area contributed by atoms with Crippen molar-refractivity contribution >= 4 is 11.8 Å². The molecule has 0 aromatic rings. The first-order chi connectivity index (χ1) is 6.98. The molecule has 0 saturated carbocycles. The Morgan fingerprint density at radius 3 is 2.67 bits per heavy atom. The van der Waals surface area contributed by atoms with Gasteiger partial charge in [0.05, 0.1) is 12.7 Å². The van der Waals surface area contributed by atoms with E-state index < -0.39 is 0 Å². The Hall–Kier alpha value is 0.230. The summed E-state index contributed by atoms with van der Waals surface area (Å²) in [6.45, 7) is 7.48. The standard InChI is InChI=1S/C11H24N2OS/c1-11(2,12(3)4)10-8-13(9-15-5)6-7-14-10/h10H,6-9H2,1-5H3. The number of morpholine rings is 1. The summed E-state index contributed by atoms with van der Waals surface area (Å²) >= 11 is 1.89. The third-order valence-corrected chi connectivity index (χ3v) is 4.03. The Bertz CT molecular complexity index is 195. The zero-order valence-corrected chi connectivity index (χ0v) is 11.4. The van der Waals surface area contributed by atoms with Crippen molar-refractivity contribution in [1.29, 1.82) is 0 Å². The van der Waals surface area contributed by atoms with E-state index in [-0.39, 0.29) is 5.54 Å². The fourth-order valence-corrected chi connectivity index (χ4v) is 2.32. The lowest BCUT2D eigenvalue weighted by Crippen LogP contribution is -2.57. The predicted octanol–water partition coefficient (Wildman–Crippen LogP) is 1.35. The van der Waals surface area contributed by atoms with E-state index in [9.17, 15) is 0 Å². The van der Waals surface area contributed by atoms with E-state index in [0.717, 1.165) is 25.6 Å². The van der Waals surface area contributed by atoms with E-state index in [0.29, 0.717) is 6.10 Å². The summed E-state index contributed by atoms with van der Waals surface area (Å²) in [6, 6.07) is 0. The average Bonchev–Trinajstić information content (AvgIpc) is 2.18. The zero-order chi connectivity index (χ0) is 11.5. The Balaban J connectivity index is 2.55. The van der Waals surface area contributed by atoms with Crippen molar-refractivity contribution in [3.63, 3.8) is 0 Å². The molecular formula is C11H24N2OS. The molecule has 1 heterocycles. The van der Waals surface area contributed by atoms with E-state index in [4.69, 9.17) is 4.74 Å². The van der Waals surface area contributed by atoms with Crippen LogP contribution in [0.3, 0.4) is 0 Å². The summed E-state index contributed by atoms with van der Waals surface area (Å²) in [5.41, 5.74) is 0.108. The summed E-state index contributed by atoms with van der Waals surface area (Å²) in [5.74, 6) is 1.11. The third-order valence-electron chi connectivity index (χ3n) is 3.40. The van der Waals surface area contributed by atoms with Crippen molar-refractivity contribution in [3.05, 3.63) is 0 Å². The van der Waals surface area contributed by atoms with Crippen molar-refractivity contribution in [2.75, 3.05) is 45.9 Å². The number of thioether (sulfide) groups is 1. The highest BCUT2D eigenvalue weighted by Gasteiger charge is 2.35. The summed E-state index contributed by atoms with van der Waals surface area (Å²) in [4.78, 5) is 4.73. The molecule has 1 fully saturated rings. The molecule has 90 valence electrons. The molecule has 0 radical (unpaired) electrons. The molecule has 15 heavy (non-hydrogen) atoms. The molecule has 0 amide bonds. The van der Waals surface area contributed by atoms with Gasteiger partial charge in [0.15, 0.2) is 0 Å². The lowest BCUT2D eigenvalue weighted by molar-refractivity contribution is -0.0888. The molecule has 4 heteroatoms. The molecule has 0 spiro atoms. The summed E-state index contributed by atoms with van der Waals surface area (Å²) in [6.07, 6.45) is 2.47. The fourth-order valence-electron chi connectivity index (χ4n) is 1.72. The Kier molecular flexibility index (Phi) is 4.90. The van der Waals surface area contributed by atoms with Gasteiger partial charge in [-0.25, -0.2) is 0 Å². The van der Waals surface area contributed by atoms with Crippen LogP contribution < -0.4 is 0 Å². The van der Waals surface area contributed by atoms with E-state index in [1.54, 1.807) is 0 Å². The first-order valence-electron chi connectivity index (χ1n) is 5.48. The van der Waals surface area contributed by atoms with Gasteiger partial charge in [-0.1, -0.05) is 0 Å². The second-order valence-corrected chi connectivity index (χ2v) is 5.74. The molecule has 0 aromatic carbocycles. The van der Waals surface area contributed by atoms with Gasteiger partial charge in [0.1, 0.15) is 0 Å². The maximum atomic E-state index is 5.89. The average molecular weight is 232 g/mol. The molecule has 0 aromatic heterocycles. The van der Waals surface area contributed by atoms with Crippen molar-refractivity contribution in [1.82, 2.24) is 9.80 Å². The van der Waals surface area contributed by atoms with Crippen LogP contribution in [0.25, 0.3) is 0 Å². The largest absolute Gasteiger partial charge is 0.374 e. The second-order valence-electron chi connectivity index (χ2n) is 4.90. The summed E-state index contributed by atoms with van der Waals surface area (Å²) in [5, 5.41) is 0. The van der Waals surface area contributed by atoms with Crippen molar-refractivity contribution in [2.24, 2.45) is 0 Å². The highest BCUT2D eigenvalue weighted by Crippen LogP contribution is 2.22. The van der Waals surface area contributed by atoms with Crippen LogP contribution in [0.4, 0.5) is 0 Å². The topological polar surface area (TPSA) is 15.7 Å². The third kappa shape index (κ3) is 3.34. The number of hydrogen-bond donors (Lipinski definition) is 0. The van der Waals surface area contributed by atoms with Crippen molar-refractivity contribution < 1.29 is 4.74 Å². The molecule has 1 rings (SSSR count). The fraction of sp³-hybridized carbons (Fsp3) is 1.00. The second kappa shape index (κ2) is 5.53. The minimum absolute atomic E-state index is 0.108. The van der Waals surface area contributed by atoms with Gasteiger partial charge in [-0.2, -0.15) is 0 Å². The van der Waals surface area contributed by atoms with Gasteiger partial charge in [0.2, 0.25) is 0 Å². The Labute approximate surface area is 98.1 Å². The molecule has 0 N–H and O–H groups in total. The van der Waals surface area contributed by atoms with Crippen molar-refractivity contribution in [3.8, 4) is 0 Å². The normalized spacial score (nSPS) is 24.8. The highest BCUT2D eigenvalue weighted by molar-refractivity contribution is 7.98. The van der Waals surface area contributed by atoms with E-state index in [1.165, 1.54) is 0 Å². The molecule has 0 aliphatic carbocycles. The van der Waals surface area contributed by atoms with Gasteiger partial charge in [0.25, 0.3) is 0 Å². The van der Waals surface area contributed by atoms with Gasteiger partial charge >= 0.3 is 0 Å². The minimum atomic E-state index is 0.108. The van der Waals surface area contributed by atoms with Gasteiger partial charge in [-0.15, -0.1) is 11.8 Å². The molecule has 1 aliphatic rings. The Morgan fingerprint density at radius 1 is 1.47 bits per heavy atom. The van der Waals surface area contributed by atoms with Crippen LogP contribution in [0.5, 0.6) is 0 Å². The predicted molar refractivity (Wildman–Crippen MR) is 67.5 cm³/mol. The zero-order valence-electron chi connectivity index (χ0n) is 10.6. The minimum Gasteiger partial charge on any atom is -0.374 e. The van der Waals surface area contributed by atoms with Gasteiger partial charge < -0.3 is 9.64 Å². The highest BCUT2D eigenvalue weighted by atomic mass is 32.2. The lowest BCUT2D eigenvalue weighted by Gasteiger charge is -2.44. The molecule has 1 aliphatic heterocycles. The lowest BCUT2D eigenvalue weighted by atomic mass is 9.94. The first-order valence-corrected chi connectivity index (χ1v) is 6.88. The van der Waals surface area contributed by atoms with E-state index in [1.807, 2.05) is 11.8 Å². The molecular weight excluding hydrogens is 208 g/mol. The number of hydrogen-bond acceptors (Lipinski definition) is 4. The van der Waals surface area contributed by atoms with Crippen LogP contribution >= 0.6 is 11.8 Å². The van der Waals surface area contributed by atoms with Crippen LogP contribution in [-0.4, -0.2) is 67.4 Å². The van der Waals surface area contributed by atoms with Crippen LogP contribution in [0.15, 0.2) is 0 Å². The number of ether oxygens (including phenoxy) is 1. The van der Waals surface area contributed by atoms with Crippen LogP contribution in [0.2, 0.25) is 0 Å². The van der Waals surface area contributed by atoms with Gasteiger partial charge in [0, 0.05) is 24.5 Å². The number of rotatable bonds is 4. The maximum absolute atomic E-state index is 5.89. The molecule has 0 bridgehead atoms. The number of likely N-dealkylation sites (N-methyl/N-ethyl adjacent to an activating group) is 1. The molecule has 3 nitrogen and oxygen atoms in total. The summed E-state index contributed by atoms with van der Waals surface area (Å²) < 4.78 is 5.89. The van der Waals surface area contributed by atoms with Crippen LogP contribution in [-0.2, 0) is 4.74 Å². The monoisotopic (exact) mass is 232 g/mol. The van der Waals surface area contributed by atoms with Crippen LogP contribution in [0, 0.1) is 0 Å². The van der Waals surface area contributed by atoms with E-state index in [2.05, 4.69) is 44.0 Å². The first kappa shape index (κ1) is 13.3. The SMILES string of the molecule is CSCN1CCOC(C(C)(C)N(C)C)C1. The smallest absolute Gasteiger partial charge is 0.0880 e. The van der Waals surface area contributed by atoms with E-state index >= 15 is 0 Å². The molecule has 1 unspecified atom stereocenters. The van der Waals surface area contributed by atoms with Crippen LogP contribution in [0.1, 0.15) is 13.8 Å². The van der Waals surface area contributed by atoms with Gasteiger partial charge in [-0.05, 0) is 34.2 Å².